The van der Waals surface area contributed by atoms with E-state index in [1.807, 2.05) is 0 Å². The van der Waals surface area contributed by atoms with Gasteiger partial charge in [0.05, 0.1) is 33.1 Å². The molecule has 0 bridgehead atoms. The highest BCUT2D eigenvalue weighted by molar-refractivity contribution is 5.70. The molecule has 8 heteroatoms. The predicted molar refractivity (Wildman–Crippen MR) is 69.1 cm³/mol. The summed E-state index contributed by atoms with van der Waals surface area (Å²) in [6.07, 6.45) is 2.57. The second-order valence-electron chi connectivity index (χ2n) is 6.06. The summed E-state index contributed by atoms with van der Waals surface area (Å²) in [5, 5.41) is 21.8. The maximum absolute atomic E-state index is 11.2. The van der Waals surface area contributed by atoms with Crippen molar-refractivity contribution >= 4 is 11.9 Å². The summed E-state index contributed by atoms with van der Waals surface area (Å²) >= 11 is 0. The van der Waals surface area contributed by atoms with Crippen molar-refractivity contribution in [1.82, 2.24) is 9.97 Å². The molecule has 0 amide bonds. The maximum atomic E-state index is 11.2. The standard InChI is InChI=1S/C13H22N4O4/c1-17(2,3)10(13(20)21)4-5-11-15-7-8(16-11)6-9(14)12(18)19/h7,9-10H,4-6,14H2,1-3H3,(H2-,15,16,18,19,20,21)/t9-,10+/m0/s1. The van der Waals surface area contributed by atoms with Crippen LogP contribution in [-0.4, -0.2) is 59.6 Å². The van der Waals surface area contributed by atoms with Crippen LogP contribution in [0, 0.1) is 0 Å². The van der Waals surface area contributed by atoms with E-state index in [0.717, 1.165) is 0 Å². The molecule has 0 aromatic carbocycles. The third-order valence-corrected chi connectivity index (χ3v) is 3.34. The number of aromatic nitrogens is 2. The fraction of sp³-hybridized carbons (Fsp3) is 0.615. The number of quaternary nitrogens is 2. The number of hydrogen-bond acceptors (Lipinski definition) is 5. The zero-order valence-corrected chi connectivity index (χ0v) is 12.6. The van der Waals surface area contributed by atoms with Crippen molar-refractivity contribution in [1.29, 1.82) is 0 Å². The van der Waals surface area contributed by atoms with Gasteiger partial charge >= 0.3 is 0 Å². The molecule has 1 heterocycles. The number of H-pyrrole nitrogens is 1. The lowest BCUT2D eigenvalue weighted by Crippen LogP contribution is -2.69. The van der Waals surface area contributed by atoms with Crippen molar-refractivity contribution in [2.75, 3.05) is 21.1 Å². The van der Waals surface area contributed by atoms with Crippen molar-refractivity contribution in [2.24, 2.45) is 0 Å². The van der Waals surface area contributed by atoms with Crippen LogP contribution in [0.5, 0.6) is 0 Å². The van der Waals surface area contributed by atoms with E-state index in [2.05, 4.69) is 15.7 Å². The second-order valence-corrected chi connectivity index (χ2v) is 6.06. The first-order valence-corrected chi connectivity index (χ1v) is 6.70. The van der Waals surface area contributed by atoms with Gasteiger partial charge in [-0.25, -0.2) is 4.98 Å². The number of aromatic amines is 1. The van der Waals surface area contributed by atoms with Crippen LogP contribution in [0.1, 0.15) is 17.9 Å². The van der Waals surface area contributed by atoms with Crippen LogP contribution in [-0.2, 0) is 22.4 Å². The molecule has 1 aromatic heterocycles. The number of aliphatic carboxylic acids is 2. The number of nitrogens with zero attached hydrogens (tertiary/aromatic N) is 2. The van der Waals surface area contributed by atoms with Crippen molar-refractivity contribution in [3.63, 3.8) is 0 Å². The summed E-state index contributed by atoms with van der Waals surface area (Å²) in [4.78, 5) is 28.9. The molecular weight excluding hydrogens is 276 g/mol. The summed E-state index contributed by atoms with van der Waals surface area (Å²) < 4.78 is 0.265. The van der Waals surface area contributed by atoms with Gasteiger partial charge in [-0.15, -0.1) is 0 Å². The van der Waals surface area contributed by atoms with E-state index in [-0.39, 0.29) is 10.9 Å². The van der Waals surface area contributed by atoms with Gasteiger partial charge in [-0.2, -0.15) is 0 Å². The molecule has 2 atom stereocenters. The molecular formula is C13H22N4O4. The number of carbonyl (C=O) groups excluding carboxylic acids is 2. The molecule has 118 valence electrons. The Morgan fingerprint density at radius 3 is 2.43 bits per heavy atom. The fourth-order valence-electron chi connectivity index (χ4n) is 2.08. The Morgan fingerprint density at radius 2 is 1.95 bits per heavy atom. The Hall–Kier alpha value is -1.93. The van der Waals surface area contributed by atoms with E-state index >= 15 is 0 Å². The number of rotatable bonds is 8. The smallest absolute Gasteiger partial charge is 0.130 e. The lowest BCUT2D eigenvalue weighted by molar-refractivity contribution is -0.889. The van der Waals surface area contributed by atoms with E-state index in [1.165, 1.54) is 6.20 Å². The molecule has 4 N–H and O–H groups in total. The fourth-order valence-corrected chi connectivity index (χ4v) is 2.08. The van der Waals surface area contributed by atoms with Crippen LogP contribution in [0.2, 0.25) is 0 Å². The highest BCUT2D eigenvalue weighted by Gasteiger charge is 2.25. The van der Waals surface area contributed by atoms with Crippen LogP contribution in [0.15, 0.2) is 6.20 Å². The first-order chi connectivity index (χ1) is 9.61. The topological polar surface area (TPSA) is 137 Å². The molecule has 8 nitrogen and oxygen atoms in total. The molecule has 0 aliphatic heterocycles. The number of carboxylic acid groups (broad SMARTS) is 2. The van der Waals surface area contributed by atoms with Gasteiger partial charge in [0.15, 0.2) is 0 Å². The van der Waals surface area contributed by atoms with Gasteiger partial charge in [-0.3, -0.25) is 0 Å². The zero-order valence-electron chi connectivity index (χ0n) is 12.6. The number of likely N-dealkylation sites (N-methyl/N-ethyl adjacent to an activating group) is 1. The van der Waals surface area contributed by atoms with Crippen molar-refractivity contribution in [2.45, 2.75) is 31.3 Å². The molecule has 0 saturated heterocycles. The minimum Gasteiger partial charge on any atom is -0.544 e. The van der Waals surface area contributed by atoms with Crippen molar-refractivity contribution < 1.29 is 30.0 Å². The van der Waals surface area contributed by atoms with Crippen molar-refractivity contribution in [3.05, 3.63) is 17.7 Å². The summed E-state index contributed by atoms with van der Waals surface area (Å²) in [5.41, 5.74) is 4.12. The lowest BCUT2D eigenvalue weighted by Gasteiger charge is -2.34. The second kappa shape index (κ2) is 6.68. The van der Waals surface area contributed by atoms with Crippen molar-refractivity contribution in [3.8, 4) is 0 Å². The van der Waals surface area contributed by atoms with Crippen LogP contribution in [0.3, 0.4) is 0 Å². The number of aryl methyl sites for hydroxylation is 1. The average molecular weight is 298 g/mol. The predicted octanol–water partition coefficient (Wildman–Crippen LogP) is -3.93. The molecule has 1 aromatic rings. The zero-order chi connectivity index (χ0) is 16.2. The van der Waals surface area contributed by atoms with Gasteiger partial charge in [-0.1, -0.05) is 0 Å². The number of hydrogen-bond donors (Lipinski definition) is 2. The molecule has 0 fully saturated rings. The molecule has 21 heavy (non-hydrogen) atoms. The van der Waals surface area contributed by atoms with Gasteiger partial charge in [0.2, 0.25) is 0 Å². The average Bonchev–Trinajstić information content (AvgIpc) is 2.74. The van der Waals surface area contributed by atoms with Gasteiger partial charge in [0.1, 0.15) is 17.9 Å². The van der Waals surface area contributed by atoms with Crippen LogP contribution < -0.4 is 15.9 Å². The van der Waals surface area contributed by atoms with Crippen LogP contribution >= 0.6 is 0 Å². The molecule has 1 rings (SSSR count). The molecule has 0 aliphatic carbocycles. The number of nitrogens with one attached hydrogen (secondary N) is 1. The SMILES string of the molecule is C[N+](C)(C)[C@H](CCc1ncc(C[C@H]([NH3+])C(=O)[O-])[nH]1)C(=O)[O-]. The molecule has 0 saturated carbocycles. The third-order valence-electron chi connectivity index (χ3n) is 3.34. The number of carboxylic acids is 2. The first kappa shape index (κ1) is 17.1. The minimum absolute atomic E-state index is 0.203. The van der Waals surface area contributed by atoms with E-state index in [4.69, 9.17) is 0 Å². The molecule has 0 unspecified atom stereocenters. The quantitative estimate of drug-likeness (QED) is 0.472. The number of imidazole rings is 1. The van der Waals surface area contributed by atoms with Gasteiger partial charge in [-0.05, 0) is 0 Å². The first-order valence-electron chi connectivity index (χ1n) is 6.70. The van der Waals surface area contributed by atoms with Crippen LogP contribution in [0.25, 0.3) is 0 Å². The summed E-state index contributed by atoms with van der Waals surface area (Å²) in [6, 6.07) is -1.48. The van der Waals surface area contributed by atoms with E-state index < -0.39 is 24.0 Å². The Bertz CT molecular complexity index is 507. The Balaban J connectivity index is 2.62. The largest absolute Gasteiger partial charge is 0.544 e. The normalized spacial score (nSPS) is 14.7. The molecule has 0 aliphatic rings. The molecule has 0 radical (unpaired) electrons. The summed E-state index contributed by atoms with van der Waals surface area (Å²) in [7, 11) is 5.38. The molecule has 0 spiro atoms. The summed E-state index contributed by atoms with van der Waals surface area (Å²) in [6.45, 7) is 0. The lowest BCUT2D eigenvalue weighted by atomic mass is 10.1. The Labute approximate surface area is 123 Å². The van der Waals surface area contributed by atoms with E-state index in [9.17, 15) is 19.8 Å². The Morgan fingerprint density at radius 1 is 1.33 bits per heavy atom. The monoisotopic (exact) mass is 298 g/mol. The maximum Gasteiger partial charge on any atom is 0.130 e. The van der Waals surface area contributed by atoms with Gasteiger partial charge < -0.3 is 35.0 Å². The minimum atomic E-state index is -1.21. The third kappa shape index (κ3) is 5.16. The van der Waals surface area contributed by atoms with Crippen LogP contribution in [0.4, 0.5) is 0 Å². The van der Waals surface area contributed by atoms with Gasteiger partial charge in [0, 0.05) is 31.2 Å². The van der Waals surface area contributed by atoms with Gasteiger partial charge in [0.25, 0.3) is 0 Å². The van der Waals surface area contributed by atoms with E-state index in [1.54, 1.807) is 21.1 Å². The summed E-state index contributed by atoms with van der Waals surface area (Å²) in [5.74, 6) is -1.69. The Kier molecular flexibility index (Phi) is 5.45. The van der Waals surface area contributed by atoms with E-state index in [0.29, 0.717) is 24.4 Å². The number of carbonyl (C=O) groups is 2. The highest BCUT2D eigenvalue weighted by atomic mass is 16.4. The highest BCUT2D eigenvalue weighted by Crippen LogP contribution is 2.11.